The minimum Gasteiger partial charge on any atom is -0.277 e. The van der Waals surface area contributed by atoms with Crippen molar-refractivity contribution in [1.29, 1.82) is 0 Å². The maximum absolute atomic E-state index is 10.7. The summed E-state index contributed by atoms with van der Waals surface area (Å²) in [6.07, 6.45) is 7.59. The normalized spacial score (nSPS) is 10.3. The Morgan fingerprint density at radius 3 is 2.86 bits per heavy atom. The quantitative estimate of drug-likeness (QED) is 0.592. The van der Waals surface area contributed by atoms with Gasteiger partial charge in [-0.05, 0) is 24.3 Å². The highest BCUT2D eigenvalue weighted by Gasteiger charge is 2.07. The SMILES string of the molecule is O=CN(S)c1cccc(-c2cnn(-c3cccnc3)c2)n1. The lowest BCUT2D eigenvalue weighted by Gasteiger charge is -2.08. The Labute approximate surface area is 126 Å². The van der Waals surface area contributed by atoms with Crippen LogP contribution in [-0.2, 0) is 4.79 Å². The van der Waals surface area contributed by atoms with E-state index in [1.54, 1.807) is 29.3 Å². The number of pyridine rings is 2. The van der Waals surface area contributed by atoms with Gasteiger partial charge in [-0.25, -0.2) is 14.0 Å². The Hall–Kier alpha value is -2.67. The van der Waals surface area contributed by atoms with Gasteiger partial charge in [-0.15, -0.1) is 0 Å². The van der Waals surface area contributed by atoms with Crippen molar-refractivity contribution in [3.05, 3.63) is 55.1 Å². The third-order valence-electron chi connectivity index (χ3n) is 2.86. The van der Waals surface area contributed by atoms with Crippen LogP contribution in [0.15, 0.2) is 55.1 Å². The van der Waals surface area contributed by atoms with Crippen molar-refractivity contribution in [1.82, 2.24) is 19.7 Å². The molecule has 0 atom stereocenters. The van der Waals surface area contributed by atoms with Crippen molar-refractivity contribution in [3.63, 3.8) is 0 Å². The second kappa shape index (κ2) is 5.76. The molecule has 0 aromatic carbocycles. The van der Waals surface area contributed by atoms with Crippen LogP contribution in [0.5, 0.6) is 0 Å². The number of carbonyl (C=O) groups is 1. The van der Waals surface area contributed by atoms with Crippen LogP contribution in [0.3, 0.4) is 0 Å². The standard InChI is InChI=1S/C14H11N5OS/c20-10-19(21)14-5-1-4-13(17-14)11-7-16-18(9-11)12-3-2-6-15-8-12/h1-10,21H. The number of amides is 1. The second-order valence-corrected chi connectivity index (χ2v) is 4.65. The predicted octanol–water partition coefficient (Wildman–Crippen LogP) is 2.14. The van der Waals surface area contributed by atoms with Gasteiger partial charge in [-0.3, -0.25) is 9.78 Å². The van der Waals surface area contributed by atoms with E-state index in [1.807, 2.05) is 30.5 Å². The van der Waals surface area contributed by atoms with Crippen LogP contribution in [0.4, 0.5) is 5.82 Å². The summed E-state index contributed by atoms with van der Waals surface area (Å²) >= 11 is 4.02. The summed E-state index contributed by atoms with van der Waals surface area (Å²) in [5.74, 6) is 0.458. The van der Waals surface area contributed by atoms with Crippen LogP contribution >= 0.6 is 12.8 Å². The number of carbonyl (C=O) groups excluding carboxylic acids is 1. The predicted molar refractivity (Wildman–Crippen MR) is 82.1 cm³/mol. The number of hydrogen-bond acceptors (Lipinski definition) is 5. The minimum atomic E-state index is 0.458. The molecule has 3 rings (SSSR count). The molecular formula is C14H11N5OS. The molecule has 6 nitrogen and oxygen atoms in total. The van der Waals surface area contributed by atoms with Gasteiger partial charge in [0.1, 0.15) is 5.82 Å². The average Bonchev–Trinajstić information content (AvgIpc) is 3.05. The molecule has 0 unspecified atom stereocenters. The summed E-state index contributed by atoms with van der Waals surface area (Å²) in [6, 6.07) is 9.12. The maximum Gasteiger partial charge on any atom is 0.225 e. The molecule has 3 aromatic rings. The molecule has 0 aliphatic carbocycles. The molecule has 3 aromatic heterocycles. The second-order valence-electron chi connectivity index (χ2n) is 4.22. The number of nitrogens with zero attached hydrogens (tertiary/aromatic N) is 5. The first-order valence-corrected chi connectivity index (χ1v) is 6.54. The molecule has 0 spiro atoms. The molecule has 1 amide bonds. The zero-order valence-electron chi connectivity index (χ0n) is 10.9. The number of thiol groups is 1. The molecule has 0 saturated carbocycles. The number of anilines is 1. The Balaban J connectivity index is 1.95. The minimum absolute atomic E-state index is 0.458. The summed E-state index contributed by atoms with van der Waals surface area (Å²) in [5.41, 5.74) is 2.42. The lowest BCUT2D eigenvalue weighted by Crippen LogP contribution is -2.08. The fourth-order valence-corrected chi connectivity index (χ4v) is 1.96. The highest BCUT2D eigenvalue weighted by molar-refractivity contribution is 7.82. The molecule has 7 heteroatoms. The Bertz CT molecular complexity index is 759. The Morgan fingerprint density at radius 1 is 1.19 bits per heavy atom. The number of rotatable bonds is 4. The van der Waals surface area contributed by atoms with Crippen LogP contribution in [0.1, 0.15) is 0 Å². The van der Waals surface area contributed by atoms with E-state index in [1.165, 1.54) is 0 Å². The van der Waals surface area contributed by atoms with Crippen molar-refractivity contribution >= 4 is 25.0 Å². The molecule has 0 aliphatic heterocycles. The van der Waals surface area contributed by atoms with Gasteiger partial charge in [-0.1, -0.05) is 18.9 Å². The largest absolute Gasteiger partial charge is 0.277 e. The lowest BCUT2D eigenvalue weighted by atomic mass is 10.2. The van der Waals surface area contributed by atoms with Crippen LogP contribution < -0.4 is 4.31 Å². The lowest BCUT2D eigenvalue weighted by molar-refractivity contribution is -0.106. The van der Waals surface area contributed by atoms with E-state index >= 15 is 0 Å². The first-order valence-electron chi connectivity index (χ1n) is 6.14. The van der Waals surface area contributed by atoms with Crippen molar-refractivity contribution in [2.75, 3.05) is 4.31 Å². The van der Waals surface area contributed by atoms with E-state index in [0.717, 1.165) is 15.6 Å². The van der Waals surface area contributed by atoms with Gasteiger partial charge in [0.2, 0.25) is 6.41 Å². The van der Waals surface area contributed by atoms with Gasteiger partial charge >= 0.3 is 0 Å². The zero-order chi connectivity index (χ0) is 14.7. The van der Waals surface area contributed by atoms with Crippen molar-refractivity contribution in [3.8, 4) is 16.9 Å². The van der Waals surface area contributed by atoms with Gasteiger partial charge in [0.05, 0.1) is 23.8 Å². The molecule has 0 N–H and O–H groups in total. The number of aromatic nitrogens is 4. The molecule has 0 aliphatic rings. The summed E-state index contributed by atoms with van der Waals surface area (Å²) in [5, 5.41) is 4.29. The van der Waals surface area contributed by atoms with Gasteiger partial charge in [0.25, 0.3) is 0 Å². The Kier molecular flexibility index (Phi) is 3.65. The van der Waals surface area contributed by atoms with Gasteiger partial charge in [0.15, 0.2) is 0 Å². The number of hydrogen-bond donors (Lipinski definition) is 1. The van der Waals surface area contributed by atoms with Crippen molar-refractivity contribution < 1.29 is 4.79 Å². The van der Waals surface area contributed by atoms with E-state index in [-0.39, 0.29) is 0 Å². The molecule has 3 heterocycles. The Morgan fingerprint density at radius 2 is 2.10 bits per heavy atom. The van der Waals surface area contributed by atoms with E-state index in [0.29, 0.717) is 17.9 Å². The summed E-state index contributed by atoms with van der Waals surface area (Å²) in [7, 11) is 0. The van der Waals surface area contributed by atoms with Crippen LogP contribution in [0.2, 0.25) is 0 Å². The molecule has 104 valence electrons. The smallest absolute Gasteiger partial charge is 0.225 e. The van der Waals surface area contributed by atoms with E-state index < -0.39 is 0 Å². The highest BCUT2D eigenvalue weighted by Crippen LogP contribution is 2.21. The highest BCUT2D eigenvalue weighted by atomic mass is 32.1. The zero-order valence-corrected chi connectivity index (χ0v) is 11.8. The van der Waals surface area contributed by atoms with E-state index in [9.17, 15) is 4.79 Å². The summed E-state index contributed by atoms with van der Waals surface area (Å²) in [6.45, 7) is 0. The van der Waals surface area contributed by atoms with Crippen LogP contribution in [0, 0.1) is 0 Å². The van der Waals surface area contributed by atoms with Crippen molar-refractivity contribution in [2.24, 2.45) is 0 Å². The molecule has 0 fully saturated rings. The first-order chi connectivity index (χ1) is 10.3. The third-order valence-corrected chi connectivity index (χ3v) is 3.16. The topological polar surface area (TPSA) is 63.9 Å². The molecular weight excluding hydrogens is 286 g/mol. The average molecular weight is 297 g/mol. The summed E-state index contributed by atoms with van der Waals surface area (Å²) < 4.78 is 2.84. The monoisotopic (exact) mass is 297 g/mol. The van der Waals surface area contributed by atoms with Gasteiger partial charge in [-0.2, -0.15) is 5.10 Å². The fourth-order valence-electron chi connectivity index (χ4n) is 1.85. The molecule has 0 radical (unpaired) electrons. The van der Waals surface area contributed by atoms with Gasteiger partial charge < -0.3 is 0 Å². The summed E-state index contributed by atoms with van der Waals surface area (Å²) in [4.78, 5) is 19.2. The third kappa shape index (κ3) is 2.77. The van der Waals surface area contributed by atoms with Crippen molar-refractivity contribution in [2.45, 2.75) is 0 Å². The molecule has 21 heavy (non-hydrogen) atoms. The van der Waals surface area contributed by atoms with Crippen LogP contribution in [-0.4, -0.2) is 26.2 Å². The fraction of sp³-hybridized carbons (Fsp3) is 0. The van der Waals surface area contributed by atoms with E-state index in [4.69, 9.17) is 0 Å². The van der Waals surface area contributed by atoms with E-state index in [2.05, 4.69) is 27.9 Å². The van der Waals surface area contributed by atoms with Crippen LogP contribution in [0.25, 0.3) is 16.9 Å². The van der Waals surface area contributed by atoms with Gasteiger partial charge in [0, 0.05) is 18.0 Å². The molecule has 0 saturated heterocycles. The molecule has 0 bridgehead atoms. The first kappa shape index (κ1) is 13.3. The maximum atomic E-state index is 10.7.